The Morgan fingerprint density at radius 1 is 1.29 bits per heavy atom. The number of aryl methyl sites for hydroxylation is 1. The van der Waals surface area contributed by atoms with E-state index >= 15 is 0 Å². The number of thiazole rings is 1. The van der Waals surface area contributed by atoms with Crippen LogP contribution in [-0.2, 0) is 7.05 Å². The van der Waals surface area contributed by atoms with Crippen molar-refractivity contribution in [3.8, 4) is 0 Å². The van der Waals surface area contributed by atoms with Gasteiger partial charge in [-0.3, -0.25) is 4.79 Å². The SMILES string of the molecule is Cn1c(=NC(=O)c2cccc(Cl)c2)sc2cc(Br)ccc21. The Hall–Kier alpha value is -1.43. The molecule has 0 saturated heterocycles. The van der Waals surface area contributed by atoms with Crippen molar-refractivity contribution in [1.82, 2.24) is 4.57 Å². The molecule has 21 heavy (non-hydrogen) atoms. The third kappa shape index (κ3) is 2.95. The van der Waals surface area contributed by atoms with Gasteiger partial charge in [-0.15, -0.1) is 0 Å². The van der Waals surface area contributed by atoms with Crippen molar-refractivity contribution in [1.29, 1.82) is 0 Å². The van der Waals surface area contributed by atoms with Crippen molar-refractivity contribution in [3.63, 3.8) is 0 Å². The highest BCUT2D eigenvalue weighted by atomic mass is 79.9. The number of halogens is 2. The molecule has 1 aromatic heterocycles. The monoisotopic (exact) mass is 380 g/mol. The van der Waals surface area contributed by atoms with Crippen LogP contribution in [0.4, 0.5) is 0 Å². The maximum atomic E-state index is 12.2. The Labute approximate surface area is 138 Å². The molecule has 0 fully saturated rings. The molecule has 0 saturated carbocycles. The lowest BCUT2D eigenvalue weighted by molar-refractivity contribution is 0.0998. The smallest absolute Gasteiger partial charge is 0.279 e. The highest BCUT2D eigenvalue weighted by Crippen LogP contribution is 2.21. The molecular weight excluding hydrogens is 372 g/mol. The third-order valence-corrected chi connectivity index (χ3v) is 4.86. The molecule has 0 unspecified atom stereocenters. The number of rotatable bonds is 1. The van der Waals surface area contributed by atoms with E-state index in [-0.39, 0.29) is 5.91 Å². The standard InChI is InChI=1S/C15H10BrClN2OS/c1-19-12-6-5-10(16)8-13(12)21-15(19)18-14(20)9-3-2-4-11(17)7-9/h2-8H,1H3. The molecule has 0 bridgehead atoms. The first-order chi connectivity index (χ1) is 10.0. The first-order valence-corrected chi connectivity index (χ1v) is 8.13. The quantitative estimate of drug-likeness (QED) is 0.615. The van der Waals surface area contributed by atoms with E-state index in [1.807, 2.05) is 29.8 Å². The van der Waals surface area contributed by atoms with Crippen molar-refractivity contribution in [2.75, 3.05) is 0 Å². The summed E-state index contributed by atoms with van der Waals surface area (Å²) in [6.07, 6.45) is 0. The van der Waals surface area contributed by atoms with Crippen LogP contribution < -0.4 is 4.80 Å². The summed E-state index contributed by atoms with van der Waals surface area (Å²) >= 11 is 10.8. The Morgan fingerprint density at radius 3 is 2.86 bits per heavy atom. The maximum Gasteiger partial charge on any atom is 0.279 e. The maximum absolute atomic E-state index is 12.2. The van der Waals surface area contributed by atoms with E-state index in [2.05, 4.69) is 20.9 Å². The normalized spacial score (nSPS) is 12.0. The number of aromatic nitrogens is 1. The Morgan fingerprint density at radius 2 is 2.10 bits per heavy atom. The first kappa shape index (κ1) is 14.5. The second kappa shape index (κ2) is 5.75. The van der Waals surface area contributed by atoms with Gasteiger partial charge in [-0.05, 0) is 36.4 Å². The lowest BCUT2D eigenvalue weighted by Crippen LogP contribution is -2.13. The van der Waals surface area contributed by atoms with Gasteiger partial charge in [-0.1, -0.05) is 44.9 Å². The number of nitrogens with zero attached hydrogens (tertiary/aromatic N) is 2. The molecule has 2 aromatic carbocycles. The average molecular weight is 382 g/mol. The minimum absolute atomic E-state index is 0.293. The molecule has 0 atom stereocenters. The van der Waals surface area contributed by atoms with E-state index < -0.39 is 0 Å². The van der Waals surface area contributed by atoms with E-state index in [1.165, 1.54) is 11.3 Å². The molecule has 0 N–H and O–H groups in total. The van der Waals surface area contributed by atoms with Crippen LogP contribution in [0.1, 0.15) is 10.4 Å². The molecule has 3 rings (SSSR count). The Bertz CT molecular complexity index is 913. The largest absolute Gasteiger partial charge is 0.319 e. The van der Waals surface area contributed by atoms with Gasteiger partial charge in [-0.2, -0.15) is 4.99 Å². The number of hydrogen-bond donors (Lipinski definition) is 0. The summed E-state index contributed by atoms with van der Waals surface area (Å²) < 4.78 is 3.99. The predicted molar refractivity (Wildman–Crippen MR) is 89.8 cm³/mol. The Balaban J connectivity index is 2.11. The topological polar surface area (TPSA) is 34.4 Å². The molecule has 0 aliphatic carbocycles. The van der Waals surface area contributed by atoms with Gasteiger partial charge in [0, 0.05) is 22.1 Å². The van der Waals surface area contributed by atoms with Gasteiger partial charge in [0.25, 0.3) is 5.91 Å². The molecule has 0 aliphatic rings. The first-order valence-electron chi connectivity index (χ1n) is 6.14. The molecule has 106 valence electrons. The van der Waals surface area contributed by atoms with Gasteiger partial charge in [-0.25, -0.2) is 0 Å². The van der Waals surface area contributed by atoms with Crippen molar-refractivity contribution >= 4 is 55.0 Å². The highest BCUT2D eigenvalue weighted by molar-refractivity contribution is 9.10. The van der Waals surface area contributed by atoms with E-state index in [9.17, 15) is 4.79 Å². The van der Waals surface area contributed by atoms with Crippen LogP contribution in [0.15, 0.2) is 51.9 Å². The van der Waals surface area contributed by atoms with E-state index in [1.54, 1.807) is 24.3 Å². The van der Waals surface area contributed by atoms with Crippen molar-refractivity contribution in [3.05, 3.63) is 62.3 Å². The minimum atomic E-state index is -0.293. The van der Waals surface area contributed by atoms with Crippen LogP contribution in [0, 0.1) is 0 Å². The molecule has 0 radical (unpaired) electrons. The highest BCUT2D eigenvalue weighted by Gasteiger charge is 2.07. The average Bonchev–Trinajstić information content (AvgIpc) is 2.74. The van der Waals surface area contributed by atoms with Crippen LogP contribution in [0.25, 0.3) is 10.2 Å². The summed E-state index contributed by atoms with van der Waals surface area (Å²) in [6, 6.07) is 12.8. The van der Waals surface area contributed by atoms with Crippen molar-refractivity contribution < 1.29 is 4.79 Å². The summed E-state index contributed by atoms with van der Waals surface area (Å²) in [7, 11) is 1.90. The van der Waals surface area contributed by atoms with E-state index in [0.29, 0.717) is 15.4 Å². The van der Waals surface area contributed by atoms with Crippen LogP contribution in [0.2, 0.25) is 5.02 Å². The van der Waals surface area contributed by atoms with E-state index in [0.717, 1.165) is 14.7 Å². The fourth-order valence-electron chi connectivity index (χ4n) is 1.99. The molecule has 0 aliphatic heterocycles. The molecule has 3 nitrogen and oxygen atoms in total. The number of amides is 1. The summed E-state index contributed by atoms with van der Waals surface area (Å²) in [5, 5.41) is 0.528. The summed E-state index contributed by atoms with van der Waals surface area (Å²) in [5.41, 5.74) is 1.53. The zero-order valence-corrected chi connectivity index (χ0v) is 14.2. The fraction of sp³-hybridized carbons (Fsp3) is 0.0667. The number of benzene rings is 2. The molecule has 1 heterocycles. The van der Waals surface area contributed by atoms with Crippen LogP contribution >= 0.6 is 38.9 Å². The van der Waals surface area contributed by atoms with Gasteiger partial charge >= 0.3 is 0 Å². The van der Waals surface area contributed by atoms with Gasteiger partial charge < -0.3 is 4.57 Å². The van der Waals surface area contributed by atoms with Gasteiger partial charge in [0.1, 0.15) is 0 Å². The second-order valence-electron chi connectivity index (χ2n) is 4.48. The van der Waals surface area contributed by atoms with Gasteiger partial charge in [0.2, 0.25) is 0 Å². The molecule has 1 amide bonds. The minimum Gasteiger partial charge on any atom is -0.319 e. The van der Waals surface area contributed by atoms with Crippen molar-refractivity contribution in [2.24, 2.45) is 12.0 Å². The molecular formula is C15H10BrClN2OS. The summed E-state index contributed by atoms with van der Waals surface area (Å²) in [5.74, 6) is -0.293. The molecule has 0 spiro atoms. The van der Waals surface area contributed by atoms with E-state index in [4.69, 9.17) is 11.6 Å². The second-order valence-corrected chi connectivity index (χ2v) is 6.84. The zero-order valence-electron chi connectivity index (χ0n) is 11.0. The predicted octanol–water partition coefficient (Wildman–Crippen LogP) is 4.40. The lowest BCUT2D eigenvalue weighted by Gasteiger charge is -1.97. The number of hydrogen-bond acceptors (Lipinski definition) is 2. The summed E-state index contributed by atoms with van der Waals surface area (Å²) in [6.45, 7) is 0. The summed E-state index contributed by atoms with van der Waals surface area (Å²) in [4.78, 5) is 17.1. The van der Waals surface area contributed by atoms with Crippen LogP contribution in [0.3, 0.4) is 0 Å². The zero-order chi connectivity index (χ0) is 15.0. The number of carbonyl (C=O) groups excluding carboxylic acids is 1. The lowest BCUT2D eigenvalue weighted by atomic mass is 10.2. The molecule has 6 heteroatoms. The third-order valence-electron chi connectivity index (χ3n) is 3.04. The van der Waals surface area contributed by atoms with Crippen LogP contribution in [-0.4, -0.2) is 10.5 Å². The number of carbonyl (C=O) groups is 1. The van der Waals surface area contributed by atoms with Gasteiger partial charge in [0.15, 0.2) is 4.80 Å². The van der Waals surface area contributed by atoms with Gasteiger partial charge in [0.05, 0.1) is 10.2 Å². The van der Waals surface area contributed by atoms with Crippen molar-refractivity contribution in [2.45, 2.75) is 0 Å². The fourth-order valence-corrected chi connectivity index (χ4v) is 3.75. The number of fused-ring (bicyclic) bond motifs is 1. The Kier molecular flexibility index (Phi) is 3.97. The molecule has 3 aromatic rings. The van der Waals surface area contributed by atoms with Crippen LogP contribution in [0.5, 0.6) is 0 Å².